The van der Waals surface area contributed by atoms with E-state index in [0.717, 1.165) is 22.0 Å². The van der Waals surface area contributed by atoms with Crippen LogP contribution in [0.3, 0.4) is 0 Å². The van der Waals surface area contributed by atoms with Crippen LogP contribution in [0.25, 0.3) is 10.9 Å². The molecular weight excluding hydrogens is 266 g/mol. The second-order valence-corrected chi connectivity index (χ2v) is 5.02. The lowest BCUT2D eigenvalue weighted by atomic mass is 10.1. The van der Waals surface area contributed by atoms with Crippen LogP contribution >= 0.6 is 11.6 Å². The monoisotopic (exact) mass is 281 g/mol. The second-order valence-electron chi connectivity index (χ2n) is 4.61. The number of aliphatic hydroxyl groups excluding tert-OH is 1. The van der Waals surface area contributed by atoms with Crippen LogP contribution in [-0.2, 0) is 17.8 Å². The molecule has 0 saturated heterocycles. The van der Waals surface area contributed by atoms with Crippen molar-refractivity contribution in [2.24, 2.45) is 0 Å². The van der Waals surface area contributed by atoms with Crippen LogP contribution in [-0.4, -0.2) is 27.4 Å². The molecule has 0 atom stereocenters. The first-order valence-electron chi connectivity index (χ1n) is 6.13. The first-order valence-corrected chi connectivity index (χ1v) is 6.51. The molecule has 1 heterocycles. The molecule has 0 spiro atoms. The van der Waals surface area contributed by atoms with E-state index in [1.807, 2.05) is 29.8 Å². The van der Waals surface area contributed by atoms with Gasteiger partial charge in [-0.1, -0.05) is 11.6 Å². The summed E-state index contributed by atoms with van der Waals surface area (Å²) in [6.07, 6.45) is 2.45. The molecular formula is C14H16ClNO3. The van der Waals surface area contributed by atoms with Crippen LogP contribution < -0.4 is 0 Å². The van der Waals surface area contributed by atoms with Gasteiger partial charge in [0, 0.05) is 35.3 Å². The predicted octanol–water partition coefficient (Wildman–Crippen LogP) is 2.61. The van der Waals surface area contributed by atoms with E-state index in [9.17, 15) is 4.79 Å². The lowest BCUT2D eigenvalue weighted by Crippen LogP contribution is -2.00. The van der Waals surface area contributed by atoms with E-state index in [1.165, 1.54) is 0 Å². The zero-order valence-electron chi connectivity index (χ0n) is 10.7. The van der Waals surface area contributed by atoms with Crippen molar-refractivity contribution >= 4 is 28.5 Å². The fraction of sp³-hybridized carbons (Fsp3) is 0.357. The number of benzene rings is 1. The van der Waals surface area contributed by atoms with Gasteiger partial charge in [-0.2, -0.15) is 0 Å². The van der Waals surface area contributed by atoms with E-state index in [-0.39, 0.29) is 13.0 Å². The maximum atomic E-state index is 10.9. The number of carboxylic acids is 1. The van der Waals surface area contributed by atoms with Gasteiger partial charge in [0.2, 0.25) is 0 Å². The van der Waals surface area contributed by atoms with Gasteiger partial charge in [-0.05, 0) is 36.6 Å². The van der Waals surface area contributed by atoms with Crippen molar-refractivity contribution < 1.29 is 15.0 Å². The fourth-order valence-corrected chi connectivity index (χ4v) is 2.38. The molecule has 0 radical (unpaired) electrons. The van der Waals surface area contributed by atoms with Gasteiger partial charge in [-0.3, -0.25) is 4.79 Å². The molecule has 0 aliphatic rings. The van der Waals surface area contributed by atoms with Gasteiger partial charge in [-0.25, -0.2) is 0 Å². The highest BCUT2D eigenvalue weighted by molar-refractivity contribution is 6.32. The highest BCUT2D eigenvalue weighted by atomic mass is 35.5. The summed E-state index contributed by atoms with van der Waals surface area (Å²) in [6.45, 7) is 2.65. The van der Waals surface area contributed by atoms with Crippen molar-refractivity contribution in [2.75, 3.05) is 6.61 Å². The number of aromatic nitrogens is 1. The number of aliphatic carboxylic acids is 1. The van der Waals surface area contributed by atoms with Crippen LogP contribution in [0.4, 0.5) is 0 Å². The van der Waals surface area contributed by atoms with Crippen molar-refractivity contribution in [1.82, 2.24) is 4.57 Å². The molecule has 0 bridgehead atoms. The summed E-state index contributed by atoms with van der Waals surface area (Å²) in [5, 5.41) is 19.5. The molecule has 2 rings (SSSR count). The second kappa shape index (κ2) is 5.63. The Bertz CT molecular complexity index is 619. The van der Waals surface area contributed by atoms with Gasteiger partial charge in [0.15, 0.2) is 0 Å². The van der Waals surface area contributed by atoms with Gasteiger partial charge in [0.1, 0.15) is 0 Å². The maximum absolute atomic E-state index is 10.9. The number of aliphatic hydroxyl groups is 1. The van der Waals surface area contributed by atoms with E-state index in [2.05, 4.69) is 0 Å². The van der Waals surface area contributed by atoms with E-state index in [0.29, 0.717) is 18.0 Å². The van der Waals surface area contributed by atoms with Crippen molar-refractivity contribution in [3.8, 4) is 0 Å². The number of fused-ring (bicyclic) bond motifs is 1. The zero-order valence-corrected chi connectivity index (χ0v) is 11.4. The van der Waals surface area contributed by atoms with E-state index in [4.69, 9.17) is 21.8 Å². The molecule has 102 valence electrons. The number of hydrogen-bond acceptors (Lipinski definition) is 2. The molecule has 2 aromatic rings. The van der Waals surface area contributed by atoms with Gasteiger partial charge < -0.3 is 14.8 Å². The minimum absolute atomic E-state index is 0.0102. The van der Waals surface area contributed by atoms with Gasteiger partial charge >= 0.3 is 5.97 Å². The summed E-state index contributed by atoms with van der Waals surface area (Å²) >= 11 is 6.13. The third-order valence-electron chi connectivity index (χ3n) is 3.14. The smallest absolute Gasteiger partial charge is 0.307 e. The lowest BCUT2D eigenvalue weighted by Gasteiger charge is -2.05. The number of nitrogens with zero attached hydrogens (tertiary/aromatic N) is 1. The van der Waals surface area contributed by atoms with Crippen molar-refractivity contribution in [1.29, 1.82) is 0 Å². The largest absolute Gasteiger partial charge is 0.481 e. The molecule has 19 heavy (non-hydrogen) atoms. The molecule has 0 aliphatic carbocycles. The van der Waals surface area contributed by atoms with Crippen LogP contribution in [0.2, 0.25) is 5.02 Å². The molecule has 2 N–H and O–H groups in total. The molecule has 0 fully saturated rings. The Morgan fingerprint density at radius 1 is 1.42 bits per heavy atom. The molecule has 0 aliphatic heterocycles. The molecule has 0 amide bonds. The Balaban J connectivity index is 2.55. The Kier molecular flexibility index (Phi) is 4.12. The topological polar surface area (TPSA) is 62.5 Å². The predicted molar refractivity (Wildman–Crippen MR) is 74.7 cm³/mol. The maximum Gasteiger partial charge on any atom is 0.307 e. The SMILES string of the molecule is Cc1cc2c(CC(=O)O)cn(CCCO)c2cc1Cl. The number of aryl methyl sites for hydroxylation is 2. The summed E-state index contributed by atoms with van der Waals surface area (Å²) in [6, 6.07) is 3.78. The standard InChI is InChI=1S/C14H16ClNO3/c1-9-5-11-10(6-14(18)19)8-16(3-2-4-17)13(11)7-12(9)15/h5,7-8,17H,2-4,6H2,1H3,(H,18,19). The highest BCUT2D eigenvalue weighted by Crippen LogP contribution is 2.28. The van der Waals surface area contributed by atoms with Gasteiger partial charge in [0.05, 0.1) is 6.42 Å². The minimum atomic E-state index is -0.853. The average molecular weight is 282 g/mol. The van der Waals surface area contributed by atoms with E-state index in [1.54, 1.807) is 0 Å². The van der Waals surface area contributed by atoms with E-state index < -0.39 is 5.97 Å². The molecule has 0 unspecified atom stereocenters. The van der Waals surface area contributed by atoms with Crippen LogP contribution in [0.15, 0.2) is 18.3 Å². The van der Waals surface area contributed by atoms with Gasteiger partial charge in [-0.15, -0.1) is 0 Å². The van der Waals surface area contributed by atoms with Crippen LogP contribution in [0.5, 0.6) is 0 Å². The molecule has 0 saturated carbocycles. The van der Waals surface area contributed by atoms with Gasteiger partial charge in [0.25, 0.3) is 0 Å². The Morgan fingerprint density at radius 2 is 2.16 bits per heavy atom. The van der Waals surface area contributed by atoms with Crippen molar-refractivity contribution in [3.63, 3.8) is 0 Å². The van der Waals surface area contributed by atoms with E-state index >= 15 is 0 Å². The number of carbonyl (C=O) groups is 1. The Labute approximate surface area is 116 Å². The third kappa shape index (κ3) is 2.91. The summed E-state index contributed by atoms with van der Waals surface area (Å²) in [5.41, 5.74) is 2.63. The highest BCUT2D eigenvalue weighted by Gasteiger charge is 2.13. The Hall–Kier alpha value is -1.52. The number of halogens is 1. The summed E-state index contributed by atoms with van der Waals surface area (Å²) < 4.78 is 1.95. The summed E-state index contributed by atoms with van der Waals surface area (Å²) in [4.78, 5) is 10.9. The molecule has 1 aromatic carbocycles. The van der Waals surface area contributed by atoms with Crippen LogP contribution in [0, 0.1) is 6.92 Å². The number of carboxylic acid groups (broad SMARTS) is 1. The van der Waals surface area contributed by atoms with Crippen LogP contribution in [0.1, 0.15) is 17.5 Å². The average Bonchev–Trinajstić information content (AvgIpc) is 2.65. The first-order chi connectivity index (χ1) is 9.02. The molecule has 4 nitrogen and oxygen atoms in total. The lowest BCUT2D eigenvalue weighted by molar-refractivity contribution is -0.136. The molecule has 1 aromatic heterocycles. The minimum Gasteiger partial charge on any atom is -0.481 e. The van der Waals surface area contributed by atoms with Crippen molar-refractivity contribution in [2.45, 2.75) is 26.3 Å². The normalized spacial score (nSPS) is 11.1. The number of rotatable bonds is 5. The first kappa shape index (κ1) is 13.9. The fourth-order valence-electron chi connectivity index (χ4n) is 2.22. The van der Waals surface area contributed by atoms with Crippen molar-refractivity contribution in [3.05, 3.63) is 34.5 Å². The molecule has 5 heteroatoms. The summed E-state index contributed by atoms with van der Waals surface area (Å²) in [5.74, 6) is -0.853. The quantitative estimate of drug-likeness (QED) is 0.885. The zero-order chi connectivity index (χ0) is 14.0. The summed E-state index contributed by atoms with van der Waals surface area (Å²) in [7, 11) is 0. The third-order valence-corrected chi connectivity index (χ3v) is 3.55. The number of hydrogen-bond donors (Lipinski definition) is 2. The Morgan fingerprint density at radius 3 is 2.79 bits per heavy atom.